The van der Waals surface area contributed by atoms with Gasteiger partial charge in [0, 0.05) is 0 Å². The quantitative estimate of drug-likeness (QED) is 0.0448. The van der Waals surface area contributed by atoms with Crippen molar-refractivity contribution in [3.8, 4) is 0 Å². The molecule has 0 saturated heterocycles. The summed E-state index contributed by atoms with van der Waals surface area (Å²) in [6.07, 6.45) is 40.0. The number of hydrogen-bond acceptors (Lipinski definition) is 2. The molecule has 0 nitrogen and oxygen atoms in total. The van der Waals surface area contributed by atoms with Crippen LogP contribution < -0.4 is 0 Å². The molecular formula is C32H66PbS2. The topological polar surface area (TPSA) is 0 Å². The average Bonchev–Trinajstić information content (AvgIpc) is 2.85. The van der Waals surface area contributed by atoms with Crippen molar-refractivity contribution >= 4 is 52.6 Å². The van der Waals surface area contributed by atoms with Gasteiger partial charge in [-0.3, -0.25) is 0 Å². The molecule has 0 aromatic carbocycles. The second kappa shape index (κ2) is 42.7. The second-order valence-corrected chi connectivity index (χ2v) is 11.4. The van der Waals surface area contributed by atoms with Crippen LogP contribution in [0.1, 0.15) is 194 Å². The molecule has 0 spiro atoms. The molecule has 0 rings (SSSR count). The zero-order chi connectivity index (χ0) is 25.2. The monoisotopic (exact) mass is 722 g/mol. The Morgan fingerprint density at radius 1 is 0.257 bits per heavy atom. The molecule has 2 radical (unpaired) electrons. The van der Waals surface area contributed by atoms with Crippen LogP contribution in [0.5, 0.6) is 0 Å². The summed E-state index contributed by atoms with van der Waals surface area (Å²) in [4.78, 5) is 0. The molecule has 0 saturated carbocycles. The van der Waals surface area contributed by atoms with E-state index in [1.807, 2.05) is 0 Å². The van der Waals surface area contributed by atoms with Gasteiger partial charge in [-0.2, -0.15) is 11.5 Å². The summed E-state index contributed by atoms with van der Waals surface area (Å²) in [5, 5.41) is 0. The Labute approximate surface area is 256 Å². The average molecular weight is 722 g/mol. The zero-order valence-corrected chi connectivity index (χ0v) is 30.1. The molecule has 0 aromatic heterocycles. The Bertz CT molecular complexity index is 254. The van der Waals surface area contributed by atoms with Crippen LogP contribution in [0.3, 0.4) is 0 Å². The molecule has 0 amide bonds. The maximum Gasteiger partial charge on any atom is 2.00 e. The third kappa shape index (κ3) is 45.9. The van der Waals surface area contributed by atoms with Gasteiger partial charge in [-0.25, -0.2) is 0 Å². The molecule has 0 N–H and O–H groups in total. The molecule has 0 atom stereocenters. The second-order valence-electron chi connectivity index (χ2n) is 10.6. The van der Waals surface area contributed by atoms with Crippen molar-refractivity contribution in [2.24, 2.45) is 0 Å². The van der Waals surface area contributed by atoms with Crippen molar-refractivity contribution in [1.82, 2.24) is 0 Å². The molecule has 0 aromatic rings. The SMILES string of the molecule is CCCCCCCCCCCCCCCC[S-].CCCCCCCCCCCCCCCC[S-].[Pb+2]. The minimum absolute atomic E-state index is 0. The molecule has 0 unspecified atom stereocenters. The largest absolute Gasteiger partial charge is 2.00 e. The van der Waals surface area contributed by atoms with Gasteiger partial charge in [-0.1, -0.05) is 194 Å². The van der Waals surface area contributed by atoms with Crippen molar-refractivity contribution in [1.29, 1.82) is 0 Å². The van der Waals surface area contributed by atoms with Gasteiger partial charge >= 0.3 is 27.3 Å². The maximum absolute atomic E-state index is 4.94. The first-order chi connectivity index (χ1) is 16.8. The first kappa shape index (κ1) is 41.1. The smallest absolute Gasteiger partial charge is 0.793 e. The fourth-order valence-electron chi connectivity index (χ4n) is 4.59. The van der Waals surface area contributed by atoms with Gasteiger partial charge in [0.05, 0.1) is 0 Å². The van der Waals surface area contributed by atoms with E-state index in [4.69, 9.17) is 25.3 Å². The van der Waals surface area contributed by atoms with Crippen LogP contribution in [0.25, 0.3) is 0 Å². The standard InChI is InChI=1S/2C16H34S.Pb/c2*1-2-3-4-5-6-7-8-9-10-11-12-13-14-15-16-17;/h2*17H,2-16H2,1H3;/q;;+2/p-2. The van der Waals surface area contributed by atoms with E-state index >= 15 is 0 Å². The minimum Gasteiger partial charge on any atom is -0.793 e. The Hall–Kier alpha value is 1.62. The van der Waals surface area contributed by atoms with E-state index in [1.54, 1.807) is 0 Å². The van der Waals surface area contributed by atoms with E-state index in [2.05, 4.69) is 13.8 Å². The van der Waals surface area contributed by atoms with Crippen molar-refractivity contribution in [3.63, 3.8) is 0 Å². The van der Waals surface area contributed by atoms with E-state index in [0.717, 1.165) is 11.5 Å². The predicted octanol–water partition coefficient (Wildman–Crippen LogP) is 11.6. The van der Waals surface area contributed by atoms with Gasteiger partial charge in [-0.05, 0) is 0 Å². The van der Waals surface area contributed by atoms with Crippen LogP contribution in [-0.4, -0.2) is 38.8 Å². The first-order valence-corrected chi connectivity index (χ1v) is 17.1. The molecule has 3 heteroatoms. The summed E-state index contributed by atoms with van der Waals surface area (Å²) in [6, 6.07) is 0. The summed E-state index contributed by atoms with van der Waals surface area (Å²) in [7, 11) is 0. The molecule has 210 valence electrons. The fraction of sp³-hybridized carbons (Fsp3) is 1.00. The Morgan fingerprint density at radius 2 is 0.400 bits per heavy atom. The van der Waals surface area contributed by atoms with Crippen LogP contribution >= 0.6 is 0 Å². The van der Waals surface area contributed by atoms with Gasteiger partial charge in [0.15, 0.2) is 0 Å². The third-order valence-corrected chi connectivity index (χ3v) is 7.57. The first-order valence-electron chi connectivity index (χ1n) is 16.0. The molecule has 0 fully saturated rings. The van der Waals surface area contributed by atoms with E-state index < -0.39 is 0 Å². The van der Waals surface area contributed by atoms with Crippen LogP contribution in [0, 0.1) is 0 Å². The summed E-state index contributed by atoms with van der Waals surface area (Å²) in [5.74, 6) is 1.91. The molecule has 0 bridgehead atoms. The summed E-state index contributed by atoms with van der Waals surface area (Å²) in [5.41, 5.74) is 0. The summed E-state index contributed by atoms with van der Waals surface area (Å²) in [6.45, 7) is 4.57. The fourth-order valence-corrected chi connectivity index (χ4v) is 5.00. The van der Waals surface area contributed by atoms with Crippen molar-refractivity contribution in [2.75, 3.05) is 11.5 Å². The van der Waals surface area contributed by atoms with Crippen molar-refractivity contribution < 1.29 is 0 Å². The van der Waals surface area contributed by atoms with Gasteiger partial charge < -0.3 is 25.3 Å². The molecular weight excluding hydrogens is 656 g/mol. The van der Waals surface area contributed by atoms with Gasteiger partial charge in [0.2, 0.25) is 0 Å². The van der Waals surface area contributed by atoms with Gasteiger partial charge in [0.25, 0.3) is 0 Å². The Kier molecular flexibility index (Phi) is 50.2. The molecule has 0 aliphatic rings. The van der Waals surface area contributed by atoms with Crippen molar-refractivity contribution in [3.05, 3.63) is 0 Å². The number of rotatable bonds is 28. The van der Waals surface area contributed by atoms with E-state index in [0.29, 0.717) is 0 Å². The van der Waals surface area contributed by atoms with Crippen LogP contribution in [0.4, 0.5) is 0 Å². The van der Waals surface area contributed by atoms with Gasteiger partial charge in [0.1, 0.15) is 0 Å². The predicted molar refractivity (Wildman–Crippen MR) is 171 cm³/mol. The molecule has 0 aliphatic heterocycles. The Morgan fingerprint density at radius 3 is 0.543 bits per heavy atom. The van der Waals surface area contributed by atoms with Gasteiger partial charge in [-0.15, -0.1) is 0 Å². The van der Waals surface area contributed by atoms with E-state index in [-0.39, 0.29) is 27.3 Å². The van der Waals surface area contributed by atoms with Crippen LogP contribution in [0.2, 0.25) is 0 Å². The zero-order valence-electron chi connectivity index (χ0n) is 24.5. The molecule has 35 heavy (non-hydrogen) atoms. The minimum atomic E-state index is 0. The third-order valence-electron chi connectivity index (χ3n) is 7.00. The van der Waals surface area contributed by atoms with E-state index in [9.17, 15) is 0 Å². The van der Waals surface area contributed by atoms with E-state index in [1.165, 1.54) is 180 Å². The number of hydrogen-bond donors (Lipinski definition) is 0. The maximum atomic E-state index is 4.94. The van der Waals surface area contributed by atoms with Crippen LogP contribution in [0.15, 0.2) is 0 Å². The molecule has 0 aliphatic carbocycles. The summed E-state index contributed by atoms with van der Waals surface area (Å²) < 4.78 is 0. The molecule has 0 heterocycles. The van der Waals surface area contributed by atoms with Crippen molar-refractivity contribution in [2.45, 2.75) is 194 Å². The van der Waals surface area contributed by atoms with Crippen LogP contribution in [-0.2, 0) is 25.3 Å². The number of unbranched alkanes of at least 4 members (excludes halogenated alkanes) is 26. The summed E-state index contributed by atoms with van der Waals surface area (Å²) >= 11 is 9.88. The normalized spacial score (nSPS) is 10.6. The Balaban J connectivity index is -0.000000569.